The van der Waals surface area contributed by atoms with E-state index in [4.69, 9.17) is 4.74 Å². The monoisotopic (exact) mass is 389 g/mol. The summed E-state index contributed by atoms with van der Waals surface area (Å²) in [6.45, 7) is 0.215. The highest BCUT2D eigenvalue weighted by Gasteiger charge is 2.20. The molecule has 4 rings (SSSR count). The summed E-state index contributed by atoms with van der Waals surface area (Å²) in [4.78, 5) is 8.59. The van der Waals surface area contributed by atoms with Gasteiger partial charge in [-0.15, -0.1) is 0 Å². The molecule has 29 heavy (non-hydrogen) atoms. The van der Waals surface area contributed by atoms with E-state index in [9.17, 15) is 9.50 Å². The Morgan fingerprint density at radius 1 is 1.10 bits per heavy atom. The van der Waals surface area contributed by atoms with Crippen LogP contribution in [0.15, 0.2) is 79.4 Å². The van der Waals surface area contributed by atoms with Gasteiger partial charge in [-0.25, -0.2) is 9.37 Å². The quantitative estimate of drug-likeness (QED) is 0.528. The Morgan fingerprint density at radius 3 is 2.62 bits per heavy atom. The number of hydrogen-bond acceptors (Lipinski definition) is 4. The smallest absolute Gasteiger partial charge is 0.136 e. The van der Waals surface area contributed by atoms with Crippen LogP contribution in [0.5, 0.6) is 5.75 Å². The maximum absolute atomic E-state index is 14.9. The molecule has 0 aliphatic carbocycles. The molecule has 6 heteroatoms. The van der Waals surface area contributed by atoms with Crippen molar-refractivity contribution in [3.05, 3.63) is 90.8 Å². The molecule has 0 bridgehead atoms. The van der Waals surface area contributed by atoms with E-state index in [1.54, 1.807) is 47.6 Å². The average Bonchev–Trinajstić information content (AvgIpc) is 3.18. The molecule has 0 saturated carbocycles. The van der Waals surface area contributed by atoms with Crippen molar-refractivity contribution in [2.75, 3.05) is 7.11 Å². The first-order chi connectivity index (χ1) is 14.2. The van der Waals surface area contributed by atoms with E-state index >= 15 is 0 Å². The van der Waals surface area contributed by atoms with Gasteiger partial charge in [-0.3, -0.25) is 4.98 Å². The minimum Gasteiger partial charge on any atom is -0.497 e. The second kappa shape index (κ2) is 8.24. The van der Waals surface area contributed by atoms with Crippen LogP contribution in [0.1, 0.15) is 11.7 Å². The first kappa shape index (κ1) is 18.8. The van der Waals surface area contributed by atoms with E-state index in [-0.39, 0.29) is 6.54 Å². The molecule has 2 aromatic carbocycles. The van der Waals surface area contributed by atoms with Gasteiger partial charge in [0.25, 0.3) is 0 Å². The van der Waals surface area contributed by atoms with Crippen LogP contribution in [0.2, 0.25) is 0 Å². The topological polar surface area (TPSA) is 60.2 Å². The highest BCUT2D eigenvalue weighted by molar-refractivity contribution is 5.79. The summed E-state index contributed by atoms with van der Waals surface area (Å²) >= 11 is 0. The fraction of sp³-hybridized carbons (Fsp3) is 0.130. The molecule has 5 nitrogen and oxygen atoms in total. The molecule has 0 fully saturated rings. The zero-order valence-electron chi connectivity index (χ0n) is 15.9. The number of ether oxygens (including phenoxy) is 1. The molecule has 0 spiro atoms. The third-order valence-electron chi connectivity index (χ3n) is 4.76. The van der Waals surface area contributed by atoms with Crippen LogP contribution in [0, 0.1) is 5.82 Å². The number of imidazole rings is 1. The zero-order valence-corrected chi connectivity index (χ0v) is 15.9. The minimum absolute atomic E-state index is 0.215. The lowest BCUT2D eigenvalue weighted by Crippen LogP contribution is -2.10. The van der Waals surface area contributed by atoms with Gasteiger partial charge in [0.05, 0.1) is 37.5 Å². The van der Waals surface area contributed by atoms with E-state index < -0.39 is 11.9 Å². The fourth-order valence-electron chi connectivity index (χ4n) is 3.29. The van der Waals surface area contributed by atoms with Gasteiger partial charge in [-0.05, 0) is 18.2 Å². The summed E-state index contributed by atoms with van der Waals surface area (Å²) in [5.74, 6) is 0.0214. The standard InChI is InChI=1S/C23H20FN3O2/c1-29-18-9-10-19(20(24)12-18)23-22(16-6-3-2-4-7-16)26-15-27(23)14-21(28)17-8-5-11-25-13-17/h2-13,15,21,28H,14H2,1H3/t21-/m0/s1. The van der Waals surface area contributed by atoms with Gasteiger partial charge in [0, 0.05) is 35.2 Å². The summed E-state index contributed by atoms with van der Waals surface area (Å²) in [6, 6.07) is 17.9. The second-order valence-corrected chi connectivity index (χ2v) is 6.61. The molecule has 2 heterocycles. The lowest BCUT2D eigenvalue weighted by molar-refractivity contribution is 0.156. The largest absolute Gasteiger partial charge is 0.497 e. The molecular formula is C23H20FN3O2. The Morgan fingerprint density at radius 2 is 1.93 bits per heavy atom. The van der Waals surface area contributed by atoms with Crippen molar-refractivity contribution in [2.24, 2.45) is 0 Å². The molecule has 1 N–H and O–H groups in total. The Bertz CT molecular complexity index is 1100. The first-order valence-corrected chi connectivity index (χ1v) is 9.20. The third kappa shape index (κ3) is 3.88. The van der Waals surface area contributed by atoms with Gasteiger partial charge < -0.3 is 14.4 Å². The molecule has 1 atom stereocenters. The van der Waals surface area contributed by atoms with Gasteiger partial charge in [0.2, 0.25) is 0 Å². The number of aliphatic hydroxyl groups excluding tert-OH is 1. The number of halogens is 1. The van der Waals surface area contributed by atoms with Gasteiger partial charge in [-0.1, -0.05) is 36.4 Å². The lowest BCUT2D eigenvalue weighted by Gasteiger charge is -2.16. The summed E-state index contributed by atoms with van der Waals surface area (Å²) < 4.78 is 21.8. The van der Waals surface area contributed by atoms with Crippen molar-refractivity contribution in [3.63, 3.8) is 0 Å². The molecule has 4 aromatic rings. The predicted molar refractivity (Wildman–Crippen MR) is 109 cm³/mol. The van der Waals surface area contributed by atoms with Gasteiger partial charge in [0.15, 0.2) is 0 Å². The minimum atomic E-state index is -0.804. The van der Waals surface area contributed by atoms with Crippen LogP contribution in [0.3, 0.4) is 0 Å². The Hall–Kier alpha value is -3.51. The van der Waals surface area contributed by atoms with Crippen molar-refractivity contribution >= 4 is 0 Å². The van der Waals surface area contributed by atoms with E-state index in [0.717, 1.165) is 5.56 Å². The maximum Gasteiger partial charge on any atom is 0.136 e. The van der Waals surface area contributed by atoms with E-state index in [1.807, 2.05) is 30.3 Å². The summed E-state index contributed by atoms with van der Waals surface area (Å²) in [5.41, 5.74) is 3.18. The van der Waals surface area contributed by atoms with Crippen LogP contribution in [-0.4, -0.2) is 26.8 Å². The summed E-state index contributed by atoms with van der Waals surface area (Å²) in [6.07, 6.45) is 4.09. The SMILES string of the molecule is COc1ccc(-c2c(-c3ccccc3)ncn2C[C@H](O)c2cccnc2)c(F)c1. The molecule has 0 radical (unpaired) electrons. The normalized spacial score (nSPS) is 12.0. The molecule has 0 aliphatic rings. The van der Waals surface area contributed by atoms with Gasteiger partial charge in [-0.2, -0.15) is 0 Å². The Labute approximate surface area is 168 Å². The van der Waals surface area contributed by atoms with Crippen LogP contribution in [-0.2, 0) is 6.54 Å². The van der Waals surface area contributed by atoms with Crippen molar-refractivity contribution in [2.45, 2.75) is 12.6 Å². The Kier molecular flexibility index (Phi) is 5.35. The van der Waals surface area contributed by atoms with Crippen LogP contribution in [0.4, 0.5) is 4.39 Å². The number of aromatic nitrogens is 3. The van der Waals surface area contributed by atoms with E-state index in [1.165, 1.54) is 13.2 Å². The number of nitrogens with zero attached hydrogens (tertiary/aromatic N) is 3. The predicted octanol–water partition coefficient (Wildman–Crippen LogP) is 4.49. The van der Waals surface area contributed by atoms with Crippen molar-refractivity contribution < 1.29 is 14.2 Å². The van der Waals surface area contributed by atoms with Crippen LogP contribution in [0.25, 0.3) is 22.5 Å². The highest BCUT2D eigenvalue weighted by atomic mass is 19.1. The van der Waals surface area contributed by atoms with Gasteiger partial charge in [0.1, 0.15) is 11.6 Å². The van der Waals surface area contributed by atoms with Crippen LogP contribution < -0.4 is 4.74 Å². The van der Waals surface area contributed by atoms with Crippen molar-refractivity contribution in [1.82, 2.24) is 14.5 Å². The molecule has 2 aromatic heterocycles. The summed E-state index contributed by atoms with van der Waals surface area (Å²) in [7, 11) is 1.50. The number of benzene rings is 2. The number of aliphatic hydroxyl groups is 1. The first-order valence-electron chi connectivity index (χ1n) is 9.20. The van der Waals surface area contributed by atoms with E-state index in [2.05, 4.69) is 9.97 Å². The summed E-state index contributed by atoms with van der Waals surface area (Å²) in [5, 5.41) is 10.7. The van der Waals surface area contributed by atoms with Crippen LogP contribution >= 0.6 is 0 Å². The molecule has 146 valence electrons. The number of hydrogen-bond donors (Lipinski definition) is 1. The van der Waals surface area contributed by atoms with E-state index in [0.29, 0.717) is 28.3 Å². The third-order valence-corrected chi connectivity index (χ3v) is 4.76. The maximum atomic E-state index is 14.9. The second-order valence-electron chi connectivity index (χ2n) is 6.61. The molecule has 0 amide bonds. The average molecular weight is 389 g/mol. The molecule has 0 aliphatic heterocycles. The fourth-order valence-corrected chi connectivity index (χ4v) is 3.29. The molecular weight excluding hydrogens is 369 g/mol. The zero-order chi connectivity index (χ0) is 20.2. The van der Waals surface area contributed by atoms with Gasteiger partial charge >= 0.3 is 0 Å². The molecule has 0 unspecified atom stereocenters. The number of methoxy groups -OCH3 is 1. The number of rotatable bonds is 6. The molecule has 0 saturated heterocycles. The number of pyridine rings is 1. The Balaban J connectivity index is 1.81. The van der Waals surface area contributed by atoms with Crippen molar-refractivity contribution in [1.29, 1.82) is 0 Å². The lowest BCUT2D eigenvalue weighted by atomic mass is 10.0. The highest BCUT2D eigenvalue weighted by Crippen LogP contribution is 2.35. The van der Waals surface area contributed by atoms with Crippen molar-refractivity contribution in [3.8, 4) is 28.3 Å².